The zero-order chi connectivity index (χ0) is 59.3. The standard InChI is InChI=1S/C58H72N10O14S/c1-6-66(43-24-37(58(26-34(3)27-58)56-63-61-32-64(56)4)25-44(62-43)68-30-40-38(53(68)76)22-36(23-42(40)83-5)29-65-19-10-11-33(2)28-65)57(79)80-31-35-13-14-41(81-55-50(74)48(72)49(73)51(82-55)54(77)78)39(21-35)52(75)60-18-17-59-45(69)12-8-7-9-20-67-46(70)15-16-47(67)71/h13-16,21-25,32-34,48-51,55,72-74H,6-12,17-20,26-31H2,1-5H3,(H,59,69)(H,60,75)(H,77,78)/t33-,34?,48-,49-,50+,51-,55+,58?/m0/s1. The number of thioether (sulfide) groups is 1. The van der Waals surface area contributed by atoms with Crippen LogP contribution >= 0.6 is 11.8 Å². The molecule has 25 heteroatoms. The van der Waals surface area contributed by atoms with Crippen LogP contribution in [0, 0.1) is 11.8 Å². The monoisotopic (exact) mass is 1160 g/mol. The highest BCUT2D eigenvalue weighted by Gasteiger charge is 2.50. The molecule has 6 N–H and O–H groups in total. The van der Waals surface area contributed by atoms with Gasteiger partial charge in [-0.2, -0.15) is 0 Å². The molecule has 0 unspecified atom stereocenters. The second-order valence-corrected chi connectivity index (χ2v) is 23.0. The van der Waals surface area contributed by atoms with E-state index in [9.17, 15) is 54.0 Å². The quantitative estimate of drug-likeness (QED) is 0.0349. The van der Waals surface area contributed by atoms with E-state index in [0.29, 0.717) is 42.5 Å². The van der Waals surface area contributed by atoms with Crippen LogP contribution in [0.15, 0.2) is 65.8 Å². The lowest BCUT2D eigenvalue weighted by Crippen LogP contribution is -2.61. The lowest BCUT2D eigenvalue weighted by molar-refractivity contribution is -0.271. The smallest absolute Gasteiger partial charge is 0.415 e. The Morgan fingerprint density at radius 3 is 2.36 bits per heavy atom. The van der Waals surface area contributed by atoms with Crippen LogP contribution in [0.4, 0.5) is 16.4 Å². The fourth-order valence-corrected chi connectivity index (χ4v) is 12.5. The van der Waals surface area contributed by atoms with Crippen LogP contribution in [-0.2, 0) is 60.8 Å². The Hall–Kier alpha value is -7.29. The van der Waals surface area contributed by atoms with E-state index in [1.165, 1.54) is 41.7 Å². The number of benzene rings is 2. The van der Waals surface area contributed by atoms with Gasteiger partial charge in [0.2, 0.25) is 12.2 Å². The van der Waals surface area contributed by atoms with Gasteiger partial charge >= 0.3 is 12.1 Å². The van der Waals surface area contributed by atoms with E-state index < -0.39 is 60.7 Å². The van der Waals surface area contributed by atoms with Crippen LogP contribution in [0.3, 0.4) is 0 Å². The molecule has 4 aromatic rings. The molecule has 6 atom stereocenters. The fraction of sp³-hybridized carbons (Fsp3) is 0.517. The number of hydrogen-bond acceptors (Lipinski definition) is 18. The number of carboxylic acids is 1. The third kappa shape index (κ3) is 13.2. The van der Waals surface area contributed by atoms with Gasteiger partial charge in [0.05, 0.1) is 17.5 Å². The predicted octanol–water partition coefficient (Wildman–Crippen LogP) is 3.81. The van der Waals surface area contributed by atoms with Crippen molar-refractivity contribution < 1.29 is 68.2 Å². The average molecular weight is 1170 g/mol. The van der Waals surface area contributed by atoms with Crippen molar-refractivity contribution in [2.24, 2.45) is 18.9 Å². The van der Waals surface area contributed by atoms with Crippen molar-refractivity contribution in [3.8, 4) is 5.75 Å². The predicted molar refractivity (Wildman–Crippen MR) is 301 cm³/mol. The van der Waals surface area contributed by atoms with Crippen LogP contribution < -0.4 is 25.2 Å². The Kier molecular flexibility index (Phi) is 19.0. The second-order valence-electron chi connectivity index (χ2n) is 22.2. The Balaban J connectivity index is 0.935. The van der Waals surface area contributed by atoms with Crippen molar-refractivity contribution in [1.82, 2.24) is 40.2 Å². The number of carbonyl (C=O) groups excluding carboxylic acids is 6. The number of likely N-dealkylation sites (tertiary alicyclic amines) is 1. The molecule has 3 fully saturated rings. The number of ether oxygens (including phenoxy) is 3. The van der Waals surface area contributed by atoms with Gasteiger partial charge in [-0.1, -0.05) is 26.3 Å². The number of piperidine rings is 1. The maximum absolute atomic E-state index is 14.8. The third-order valence-electron chi connectivity index (χ3n) is 16.0. The van der Waals surface area contributed by atoms with Gasteiger partial charge in [0, 0.05) is 75.3 Å². The summed E-state index contributed by atoms with van der Waals surface area (Å²) in [5, 5.41) is 55.5. The third-order valence-corrected chi connectivity index (χ3v) is 16.8. The number of fused-ring (bicyclic) bond motifs is 1. The highest BCUT2D eigenvalue weighted by atomic mass is 32.2. The maximum Gasteiger partial charge on any atom is 0.415 e. The molecule has 5 aliphatic rings. The number of unbranched alkanes of at least 4 members (excludes halogenated alkanes) is 2. The van der Waals surface area contributed by atoms with Crippen molar-refractivity contribution in [2.45, 2.75) is 133 Å². The number of pyridine rings is 1. The Morgan fingerprint density at radius 2 is 1.67 bits per heavy atom. The SMILES string of the molecule is CCN(C(=O)OCc1ccc(O[C@@H]2O[C@H](C(=O)O)[C@@H](O)[C@H](O)[C@H]2O)c(C(=O)NCCNC(=O)CCCCCN2C(=O)C=CC2=O)c1)c1cc(C2(c3nncn3C)CC(C)C2)cc(N2Cc3c(SC)cc(CN4CCC[C@H](C)C4)cc3C2=O)n1. The highest BCUT2D eigenvalue weighted by Crippen LogP contribution is 2.53. The summed E-state index contributed by atoms with van der Waals surface area (Å²) in [6.45, 7) is 9.06. The first-order chi connectivity index (χ1) is 39.8. The lowest BCUT2D eigenvalue weighted by atomic mass is 9.58. The van der Waals surface area contributed by atoms with Gasteiger partial charge in [0.1, 0.15) is 54.5 Å². The molecule has 2 aromatic carbocycles. The van der Waals surface area contributed by atoms with Gasteiger partial charge in [-0.25, -0.2) is 14.6 Å². The van der Waals surface area contributed by atoms with Crippen LogP contribution in [-0.4, -0.2) is 168 Å². The van der Waals surface area contributed by atoms with E-state index in [0.717, 1.165) is 71.2 Å². The Labute approximate surface area is 484 Å². The van der Waals surface area contributed by atoms with Gasteiger partial charge in [-0.05, 0) is 129 Å². The number of amides is 6. The molecule has 2 saturated heterocycles. The molecule has 444 valence electrons. The largest absolute Gasteiger partial charge is 0.479 e. The van der Waals surface area contributed by atoms with E-state index in [-0.39, 0.29) is 85.5 Å². The number of aliphatic hydroxyl groups is 3. The van der Waals surface area contributed by atoms with Crippen molar-refractivity contribution in [1.29, 1.82) is 0 Å². The minimum atomic E-state index is -2.01. The normalized spacial score (nSPS) is 24.1. The number of nitrogens with zero attached hydrogens (tertiary/aromatic N) is 8. The maximum atomic E-state index is 14.8. The molecule has 83 heavy (non-hydrogen) atoms. The van der Waals surface area contributed by atoms with Crippen LogP contribution in [0.2, 0.25) is 0 Å². The first kappa shape index (κ1) is 60.3. The summed E-state index contributed by atoms with van der Waals surface area (Å²) in [6, 6.07) is 12.1. The first-order valence-corrected chi connectivity index (χ1v) is 29.4. The summed E-state index contributed by atoms with van der Waals surface area (Å²) in [7, 11) is 1.88. The number of carbonyl (C=O) groups is 7. The molecule has 4 aliphatic heterocycles. The second kappa shape index (κ2) is 26.1. The number of anilines is 2. The molecule has 2 aromatic heterocycles. The summed E-state index contributed by atoms with van der Waals surface area (Å²) in [4.78, 5) is 104. The minimum Gasteiger partial charge on any atom is -0.479 e. The summed E-state index contributed by atoms with van der Waals surface area (Å²) in [5.41, 5.74) is 2.85. The molecule has 1 saturated carbocycles. The Morgan fingerprint density at radius 1 is 0.916 bits per heavy atom. The summed E-state index contributed by atoms with van der Waals surface area (Å²) in [6.07, 6.45) is 0.964. The highest BCUT2D eigenvalue weighted by molar-refractivity contribution is 7.98. The van der Waals surface area contributed by atoms with Gasteiger partial charge < -0.3 is 49.8 Å². The summed E-state index contributed by atoms with van der Waals surface area (Å²) >= 11 is 1.60. The number of imide groups is 1. The molecule has 24 nitrogen and oxygen atoms in total. The Bertz CT molecular complexity index is 3130. The zero-order valence-electron chi connectivity index (χ0n) is 47.2. The molecule has 0 radical (unpaired) electrons. The van der Waals surface area contributed by atoms with Crippen LogP contribution in [0.5, 0.6) is 5.75 Å². The van der Waals surface area contributed by atoms with Crippen LogP contribution in [0.1, 0.15) is 121 Å². The number of aryl methyl sites for hydroxylation is 1. The summed E-state index contributed by atoms with van der Waals surface area (Å²) in [5.74, 6) is -1.66. The number of nitrogens with one attached hydrogen (secondary N) is 2. The fourth-order valence-electron chi connectivity index (χ4n) is 11.8. The molecule has 6 amide bonds. The average Bonchev–Trinajstić information content (AvgIpc) is 2.46. The molecular weight excluding hydrogens is 1090 g/mol. The van der Waals surface area contributed by atoms with E-state index in [1.54, 1.807) is 29.9 Å². The molecular formula is C58H72N10O14S. The van der Waals surface area contributed by atoms with Gasteiger partial charge in [-0.15, -0.1) is 22.0 Å². The number of carboxylic acid groups (broad SMARTS) is 1. The number of hydrogen-bond donors (Lipinski definition) is 6. The molecule has 0 spiro atoms. The zero-order valence-corrected chi connectivity index (χ0v) is 48.0. The minimum absolute atomic E-state index is 0.00874. The summed E-state index contributed by atoms with van der Waals surface area (Å²) < 4.78 is 19.0. The molecule has 9 rings (SSSR count). The molecule has 1 aliphatic carbocycles. The van der Waals surface area contributed by atoms with Crippen molar-refractivity contribution in [2.75, 3.05) is 55.3 Å². The van der Waals surface area contributed by atoms with E-state index >= 15 is 0 Å². The lowest BCUT2D eigenvalue weighted by Gasteiger charge is -2.46. The van der Waals surface area contributed by atoms with Crippen molar-refractivity contribution in [3.05, 3.63) is 100 Å². The van der Waals surface area contributed by atoms with E-state index in [1.807, 2.05) is 36.1 Å². The van der Waals surface area contributed by atoms with E-state index in [4.69, 9.17) is 19.2 Å². The van der Waals surface area contributed by atoms with Crippen LogP contribution in [0.25, 0.3) is 0 Å². The number of rotatable bonds is 23. The van der Waals surface area contributed by atoms with Crippen molar-refractivity contribution in [3.63, 3.8) is 0 Å². The van der Waals surface area contributed by atoms with E-state index in [2.05, 4.69) is 45.6 Å². The topological polar surface area (TPSA) is 309 Å². The van der Waals surface area contributed by atoms with Gasteiger partial charge in [0.25, 0.3) is 23.6 Å². The van der Waals surface area contributed by atoms with Gasteiger partial charge in [0.15, 0.2) is 6.10 Å². The molecule has 6 heterocycles. The number of aromatic nitrogens is 4. The first-order valence-electron chi connectivity index (χ1n) is 28.1. The van der Waals surface area contributed by atoms with Gasteiger partial charge in [-0.3, -0.25) is 43.6 Å². The number of aliphatic hydroxyl groups excluding tert-OH is 3. The molecule has 0 bridgehead atoms. The number of aliphatic carboxylic acids is 1. The van der Waals surface area contributed by atoms with Crippen molar-refractivity contribution >= 4 is 65.0 Å².